The van der Waals surface area contributed by atoms with Gasteiger partial charge in [-0.15, -0.1) is 0 Å². The molecule has 0 aliphatic heterocycles. The minimum absolute atomic E-state index is 0.00241. The first-order valence-electron chi connectivity index (χ1n) is 5.45. The third kappa shape index (κ3) is 3.63. The molecule has 92 valence electrons. The summed E-state index contributed by atoms with van der Waals surface area (Å²) in [5.74, 6) is -0.319. The smallest absolute Gasteiger partial charge is 0.334 e. The molecule has 1 rings (SSSR count). The highest BCUT2D eigenvalue weighted by Gasteiger charge is 2.18. The molecule has 0 atom stereocenters. The topological polar surface area (TPSA) is 46.5 Å². The van der Waals surface area contributed by atoms with Crippen molar-refractivity contribution in [3.05, 3.63) is 42.0 Å². The summed E-state index contributed by atoms with van der Waals surface area (Å²) in [6.07, 6.45) is 0. The van der Waals surface area contributed by atoms with Crippen LogP contribution in [-0.2, 0) is 10.2 Å². The molecular weight excluding hydrogens is 216 g/mol. The summed E-state index contributed by atoms with van der Waals surface area (Å²) in [7, 11) is 0. The van der Waals surface area contributed by atoms with Gasteiger partial charge in [0.05, 0.1) is 5.57 Å². The van der Waals surface area contributed by atoms with E-state index in [2.05, 4.69) is 27.4 Å². The molecule has 0 spiro atoms. The van der Waals surface area contributed by atoms with Crippen LogP contribution in [0.1, 0.15) is 26.3 Å². The molecule has 0 aromatic heterocycles. The van der Waals surface area contributed by atoms with Gasteiger partial charge in [0.25, 0.3) is 0 Å². The van der Waals surface area contributed by atoms with Crippen LogP contribution in [-0.4, -0.2) is 17.7 Å². The molecule has 0 fully saturated rings. The van der Waals surface area contributed by atoms with Gasteiger partial charge in [-0.3, -0.25) is 0 Å². The van der Waals surface area contributed by atoms with Crippen molar-refractivity contribution < 1.29 is 14.6 Å². The number of ether oxygens (including phenoxy) is 1. The lowest BCUT2D eigenvalue weighted by molar-refractivity contribution is -0.133. The molecular formula is C14H18O3. The normalized spacial score (nSPS) is 11.0. The van der Waals surface area contributed by atoms with Crippen molar-refractivity contribution in [2.24, 2.45) is 0 Å². The molecule has 1 aromatic rings. The van der Waals surface area contributed by atoms with E-state index in [0.717, 1.165) is 5.56 Å². The Labute approximate surface area is 102 Å². The molecule has 0 heterocycles. The number of hydrogen-bond acceptors (Lipinski definition) is 2. The van der Waals surface area contributed by atoms with Crippen LogP contribution in [0.5, 0.6) is 5.75 Å². The minimum atomic E-state index is -1.03. The Bertz CT molecular complexity index is 427. The Hall–Kier alpha value is -1.77. The van der Waals surface area contributed by atoms with Gasteiger partial charge in [-0.25, -0.2) is 4.79 Å². The molecule has 0 saturated carbocycles. The summed E-state index contributed by atoms with van der Waals surface area (Å²) in [5, 5.41) is 8.71. The molecule has 0 aliphatic rings. The lowest BCUT2D eigenvalue weighted by Crippen LogP contribution is -2.15. The Morgan fingerprint density at radius 1 is 1.35 bits per heavy atom. The van der Waals surface area contributed by atoms with E-state index in [1.54, 1.807) is 0 Å². The van der Waals surface area contributed by atoms with Crippen molar-refractivity contribution in [3.63, 3.8) is 0 Å². The number of para-hydroxylation sites is 1. The Balaban J connectivity index is 2.85. The van der Waals surface area contributed by atoms with E-state index in [9.17, 15) is 4.79 Å². The molecule has 1 aromatic carbocycles. The molecule has 0 aliphatic carbocycles. The Morgan fingerprint density at radius 2 is 1.94 bits per heavy atom. The van der Waals surface area contributed by atoms with Gasteiger partial charge in [0.1, 0.15) is 12.4 Å². The molecule has 0 saturated heterocycles. The van der Waals surface area contributed by atoms with Gasteiger partial charge in [-0.2, -0.15) is 0 Å². The zero-order chi connectivity index (χ0) is 13.1. The van der Waals surface area contributed by atoms with Crippen molar-refractivity contribution in [2.75, 3.05) is 6.61 Å². The monoisotopic (exact) mass is 234 g/mol. The van der Waals surface area contributed by atoms with E-state index in [1.807, 2.05) is 24.3 Å². The van der Waals surface area contributed by atoms with Crippen LogP contribution in [0.4, 0.5) is 0 Å². The van der Waals surface area contributed by atoms with E-state index in [-0.39, 0.29) is 17.6 Å². The highest BCUT2D eigenvalue weighted by atomic mass is 16.5. The molecule has 0 amide bonds. The van der Waals surface area contributed by atoms with Crippen molar-refractivity contribution in [2.45, 2.75) is 26.2 Å². The number of carboxylic acid groups (broad SMARTS) is 1. The highest BCUT2D eigenvalue weighted by Crippen LogP contribution is 2.31. The van der Waals surface area contributed by atoms with Crippen molar-refractivity contribution in [1.82, 2.24) is 0 Å². The predicted octanol–water partition coefficient (Wildman–Crippen LogP) is 3.00. The SMILES string of the molecule is C=C(COc1ccccc1C(C)(C)C)C(=O)O. The van der Waals surface area contributed by atoms with Crippen molar-refractivity contribution in [1.29, 1.82) is 0 Å². The molecule has 0 unspecified atom stereocenters. The predicted molar refractivity (Wildman–Crippen MR) is 67.4 cm³/mol. The second-order valence-electron chi connectivity index (χ2n) is 4.94. The molecule has 3 heteroatoms. The van der Waals surface area contributed by atoms with Gasteiger partial charge in [-0.05, 0) is 17.0 Å². The Kier molecular flexibility index (Phi) is 3.94. The fourth-order valence-corrected chi connectivity index (χ4v) is 1.44. The minimum Gasteiger partial charge on any atom is -0.488 e. The zero-order valence-corrected chi connectivity index (χ0v) is 10.5. The second kappa shape index (κ2) is 5.04. The van der Waals surface area contributed by atoms with Crippen LogP contribution in [0.25, 0.3) is 0 Å². The summed E-state index contributed by atoms with van der Waals surface area (Å²) in [6, 6.07) is 7.64. The van der Waals surface area contributed by atoms with Crippen LogP contribution in [0.15, 0.2) is 36.4 Å². The quantitative estimate of drug-likeness (QED) is 0.814. The maximum absolute atomic E-state index is 10.6. The maximum Gasteiger partial charge on any atom is 0.334 e. The van der Waals surface area contributed by atoms with E-state index >= 15 is 0 Å². The highest BCUT2D eigenvalue weighted by molar-refractivity contribution is 5.86. The van der Waals surface area contributed by atoms with Crippen LogP contribution in [0.2, 0.25) is 0 Å². The average Bonchev–Trinajstić information content (AvgIpc) is 2.24. The van der Waals surface area contributed by atoms with Crippen LogP contribution >= 0.6 is 0 Å². The van der Waals surface area contributed by atoms with E-state index < -0.39 is 5.97 Å². The lowest BCUT2D eigenvalue weighted by atomic mass is 9.86. The van der Waals surface area contributed by atoms with Crippen LogP contribution in [0.3, 0.4) is 0 Å². The van der Waals surface area contributed by atoms with E-state index in [1.165, 1.54) is 0 Å². The first-order chi connectivity index (χ1) is 7.82. The van der Waals surface area contributed by atoms with Gasteiger partial charge >= 0.3 is 5.97 Å². The second-order valence-corrected chi connectivity index (χ2v) is 4.94. The standard InChI is InChI=1S/C14H18O3/c1-10(13(15)16)9-17-12-8-6-5-7-11(12)14(2,3)4/h5-8H,1,9H2,2-4H3,(H,15,16). The van der Waals surface area contributed by atoms with Gasteiger partial charge in [0, 0.05) is 0 Å². The first-order valence-corrected chi connectivity index (χ1v) is 5.45. The first kappa shape index (κ1) is 13.3. The van der Waals surface area contributed by atoms with E-state index in [0.29, 0.717) is 5.75 Å². The summed E-state index contributed by atoms with van der Waals surface area (Å²) < 4.78 is 5.51. The van der Waals surface area contributed by atoms with E-state index in [4.69, 9.17) is 9.84 Å². The average molecular weight is 234 g/mol. The maximum atomic E-state index is 10.6. The van der Waals surface area contributed by atoms with Crippen molar-refractivity contribution in [3.8, 4) is 5.75 Å². The zero-order valence-electron chi connectivity index (χ0n) is 10.5. The summed E-state index contributed by atoms with van der Waals surface area (Å²) in [4.78, 5) is 10.6. The van der Waals surface area contributed by atoms with Gasteiger partial charge < -0.3 is 9.84 Å². The summed E-state index contributed by atoms with van der Waals surface area (Å²) in [5.41, 5.74) is 1.06. The van der Waals surface area contributed by atoms with Crippen molar-refractivity contribution >= 4 is 5.97 Å². The van der Waals surface area contributed by atoms with Gasteiger partial charge in [-0.1, -0.05) is 45.5 Å². The number of carboxylic acids is 1. The third-order valence-electron chi connectivity index (χ3n) is 2.40. The number of hydrogen-bond donors (Lipinski definition) is 1. The van der Waals surface area contributed by atoms with Gasteiger partial charge in [0.15, 0.2) is 0 Å². The molecule has 0 radical (unpaired) electrons. The fraction of sp³-hybridized carbons (Fsp3) is 0.357. The summed E-state index contributed by atoms with van der Waals surface area (Å²) in [6.45, 7) is 9.69. The lowest BCUT2D eigenvalue weighted by Gasteiger charge is -2.22. The summed E-state index contributed by atoms with van der Waals surface area (Å²) >= 11 is 0. The number of rotatable bonds is 4. The molecule has 0 bridgehead atoms. The number of carbonyl (C=O) groups is 1. The third-order valence-corrected chi connectivity index (χ3v) is 2.40. The van der Waals surface area contributed by atoms with Crippen LogP contribution in [0, 0.1) is 0 Å². The van der Waals surface area contributed by atoms with Crippen LogP contribution < -0.4 is 4.74 Å². The molecule has 17 heavy (non-hydrogen) atoms. The number of benzene rings is 1. The van der Waals surface area contributed by atoms with Gasteiger partial charge in [0.2, 0.25) is 0 Å². The molecule has 1 N–H and O–H groups in total. The Morgan fingerprint density at radius 3 is 2.47 bits per heavy atom. The largest absolute Gasteiger partial charge is 0.488 e. The number of aliphatic carboxylic acids is 1. The fourth-order valence-electron chi connectivity index (χ4n) is 1.44. The molecule has 3 nitrogen and oxygen atoms in total.